The molecule has 0 aliphatic heterocycles. The van der Waals surface area contributed by atoms with Crippen LogP contribution in [-0.2, 0) is 4.79 Å². The number of halogens is 2. The lowest BCUT2D eigenvalue weighted by Crippen LogP contribution is -2.39. The van der Waals surface area contributed by atoms with Gasteiger partial charge in [0.1, 0.15) is 5.02 Å². The third-order valence-electron chi connectivity index (χ3n) is 3.53. The maximum Gasteiger partial charge on any atom is 0.261 e. The van der Waals surface area contributed by atoms with Crippen LogP contribution < -0.4 is 19.8 Å². The first-order valence-corrected chi connectivity index (χ1v) is 9.73. The number of carbonyl (C=O) groups excluding carboxylic acids is 1. The van der Waals surface area contributed by atoms with Gasteiger partial charge in [0.15, 0.2) is 6.10 Å². The van der Waals surface area contributed by atoms with Crippen molar-refractivity contribution in [2.24, 2.45) is 0 Å². The van der Waals surface area contributed by atoms with Crippen molar-refractivity contribution in [2.75, 3.05) is 6.54 Å². The van der Waals surface area contributed by atoms with Crippen LogP contribution in [0.5, 0.6) is 5.88 Å². The molecule has 0 aliphatic carbocycles. The molecule has 2 aromatic heterocycles. The molecule has 1 N–H and O–H groups in total. The maximum atomic E-state index is 12.4. The van der Waals surface area contributed by atoms with E-state index in [2.05, 4.69) is 16.9 Å². The highest BCUT2D eigenvalue weighted by molar-refractivity contribution is 7.07. The van der Waals surface area contributed by atoms with Gasteiger partial charge in [0, 0.05) is 17.3 Å². The summed E-state index contributed by atoms with van der Waals surface area (Å²) in [6.07, 6.45) is 5.21. The SMILES string of the molecule is C=C(/C=c1/ccs/c1=C/C)CNC(=O)[C@@H](CC)Oc1ncc(Cl)cc1Cl. The van der Waals surface area contributed by atoms with E-state index in [0.29, 0.717) is 18.0 Å². The van der Waals surface area contributed by atoms with E-state index in [1.54, 1.807) is 11.3 Å². The average molecular weight is 411 g/mol. The second kappa shape index (κ2) is 9.76. The van der Waals surface area contributed by atoms with Crippen molar-refractivity contribution in [1.29, 1.82) is 0 Å². The van der Waals surface area contributed by atoms with Crippen LogP contribution >= 0.6 is 34.5 Å². The molecule has 0 bridgehead atoms. The largest absolute Gasteiger partial charge is 0.463 e. The third-order valence-corrected chi connectivity index (χ3v) is 5.00. The molecular weight excluding hydrogens is 391 g/mol. The average Bonchev–Trinajstić information content (AvgIpc) is 3.06. The Morgan fingerprint density at radius 1 is 1.50 bits per heavy atom. The molecule has 138 valence electrons. The molecule has 4 nitrogen and oxygen atoms in total. The normalized spacial score (nSPS) is 13.5. The zero-order chi connectivity index (χ0) is 19.1. The Morgan fingerprint density at radius 2 is 2.27 bits per heavy atom. The second-order valence-electron chi connectivity index (χ2n) is 5.50. The Balaban J connectivity index is 1.99. The zero-order valence-electron chi connectivity index (χ0n) is 14.6. The van der Waals surface area contributed by atoms with Gasteiger partial charge in [-0.05, 0) is 47.7 Å². The van der Waals surface area contributed by atoms with E-state index in [-0.39, 0.29) is 16.8 Å². The summed E-state index contributed by atoms with van der Waals surface area (Å²) in [4.78, 5) is 16.4. The molecule has 0 aliphatic rings. The highest BCUT2D eigenvalue weighted by atomic mass is 35.5. The van der Waals surface area contributed by atoms with E-state index in [4.69, 9.17) is 27.9 Å². The Labute approximate surface area is 166 Å². The van der Waals surface area contributed by atoms with Crippen molar-refractivity contribution in [3.8, 4) is 5.88 Å². The first-order valence-electron chi connectivity index (χ1n) is 8.09. The smallest absolute Gasteiger partial charge is 0.261 e. The summed E-state index contributed by atoms with van der Waals surface area (Å²) in [5.74, 6) is -0.0627. The quantitative estimate of drug-likeness (QED) is 0.758. The number of pyridine rings is 1. The summed E-state index contributed by atoms with van der Waals surface area (Å²) in [5, 5.41) is 6.63. The van der Waals surface area contributed by atoms with Crippen molar-refractivity contribution in [3.63, 3.8) is 0 Å². The number of nitrogens with one attached hydrogen (secondary N) is 1. The minimum Gasteiger partial charge on any atom is -0.463 e. The molecule has 0 aromatic carbocycles. The fraction of sp³-hybridized carbons (Fsp3) is 0.263. The number of hydrogen-bond acceptors (Lipinski definition) is 4. The molecule has 2 aromatic rings. The van der Waals surface area contributed by atoms with Crippen LogP contribution in [0.1, 0.15) is 20.3 Å². The fourth-order valence-electron chi connectivity index (χ4n) is 2.22. The molecule has 7 heteroatoms. The van der Waals surface area contributed by atoms with Crippen LogP contribution in [0.4, 0.5) is 0 Å². The number of rotatable bonds is 7. The first kappa shape index (κ1) is 20.5. The molecule has 0 fully saturated rings. The summed E-state index contributed by atoms with van der Waals surface area (Å²) in [6, 6.07) is 3.55. The Bertz CT molecular complexity index is 909. The number of amides is 1. The zero-order valence-corrected chi connectivity index (χ0v) is 16.9. The van der Waals surface area contributed by atoms with Gasteiger partial charge < -0.3 is 10.1 Å². The summed E-state index contributed by atoms with van der Waals surface area (Å²) in [5.41, 5.74) is 0.803. The minimum absolute atomic E-state index is 0.185. The van der Waals surface area contributed by atoms with Crippen molar-refractivity contribution >= 4 is 52.6 Å². The number of carbonyl (C=O) groups is 1. The lowest BCUT2D eigenvalue weighted by molar-refractivity contribution is -0.128. The first-order chi connectivity index (χ1) is 12.4. The van der Waals surface area contributed by atoms with Crippen LogP contribution in [0.2, 0.25) is 10.0 Å². The van der Waals surface area contributed by atoms with Gasteiger partial charge >= 0.3 is 0 Å². The molecular formula is C19H20Cl2N2O2S. The van der Waals surface area contributed by atoms with Crippen LogP contribution in [0.15, 0.2) is 35.9 Å². The van der Waals surface area contributed by atoms with Gasteiger partial charge in [0.05, 0.1) is 5.02 Å². The molecule has 0 saturated carbocycles. The van der Waals surface area contributed by atoms with Crippen molar-refractivity contribution in [1.82, 2.24) is 10.3 Å². The van der Waals surface area contributed by atoms with E-state index in [9.17, 15) is 4.79 Å². The predicted molar refractivity (Wildman–Crippen MR) is 109 cm³/mol. The van der Waals surface area contributed by atoms with Gasteiger partial charge in [-0.2, -0.15) is 0 Å². The Hall–Kier alpha value is -1.82. The fourth-order valence-corrected chi connectivity index (χ4v) is 3.40. The molecule has 0 unspecified atom stereocenters. The summed E-state index contributed by atoms with van der Waals surface area (Å²) < 4.78 is 6.81. The molecule has 0 spiro atoms. The van der Waals surface area contributed by atoms with E-state index < -0.39 is 6.10 Å². The molecule has 1 atom stereocenters. The van der Waals surface area contributed by atoms with Gasteiger partial charge in [-0.15, -0.1) is 11.3 Å². The summed E-state index contributed by atoms with van der Waals surface area (Å²) in [6.45, 7) is 8.18. The van der Waals surface area contributed by atoms with Crippen LogP contribution in [-0.4, -0.2) is 23.5 Å². The van der Waals surface area contributed by atoms with E-state index in [1.165, 1.54) is 16.8 Å². The van der Waals surface area contributed by atoms with E-state index in [1.807, 2.05) is 37.4 Å². The Kier molecular flexibility index (Phi) is 7.69. The monoisotopic (exact) mass is 410 g/mol. The van der Waals surface area contributed by atoms with E-state index >= 15 is 0 Å². The third kappa shape index (κ3) is 5.59. The van der Waals surface area contributed by atoms with E-state index in [0.717, 1.165) is 10.8 Å². The number of hydrogen-bond donors (Lipinski definition) is 1. The molecule has 26 heavy (non-hydrogen) atoms. The summed E-state index contributed by atoms with van der Waals surface area (Å²) in [7, 11) is 0. The van der Waals surface area contributed by atoms with Gasteiger partial charge in [0.2, 0.25) is 5.88 Å². The van der Waals surface area contributed by atoms with Crippen molar-refractivity contribution in [2.45, 2.75) is 26.4 Å². The Morgan fingerprint density at radius 3 is 2.92 bits per heavy atom. The maximum absolute atomic E-state index is 12.4. The molecule has 0 saturated heterocycles. The minimum atomic E-state index is -0.699. The topological polar surface area (TPSA) is 51.2 Å². The van der Waals surface area contributed by atoms with Crippen LogP contribution in [0, 0.1) is 0 Å². The lowest BCUT2D eigenvalue weighted by atomic mass is 10.2. The molecule has 0 radical (unpaired) electrons. The molecule has 2 heterocycles. The van der Waals surface area contributed by atoms with Crippen LogP contribution in [0.25, 0.3) is 12.2 Å². The van der Waals surface area contributed by atoms with Crippen molar-refractivity contribution < 1.29 is 9.53 Å². The van der Waals surface area contributed by atoms with Gasteiger partial charge in [-0.3, -0.25) is 4.79 Å². The van der Waals surface area contributed by atoms with Gasteiger partial charge in [0.25, 0.3) is 5.91 Å². The molecule has 1 amide bonds. The van der Waals surface area contributed by atoms with Crippen LogP contribution in [0.3, 0.4) is 0 Å². The number of nitrogens with zero attached hydrogens (tertiary/aromatic N) is 1. The van der Waals surface area contributed by atoms with Crippen molar-refractivity contribution in [3.05, 3.63) is 55.7 Å². The van der Waals surface area contributed by atoms with Gasteiger partial charge in [-0.25, -0.2) is 4.98 Å². The highest BCUT2D eigenvalue weighted by Gasteiger charge is 2.20. The number of ether oxygens (including phenoxy) is 1. The number of thiophene rings is 1. The molecule has 2 rings (SSSR count). The number of aromatic nitrogens is 1. The highest BCUT2D eigenvalue weighted by Crippen LogP contribution is 2.25. The second-order valence-corrected chi connectivity index (χ2v) is 7.30. The standard InChI is InChI=1S/C19H20Cl2N2O2S/c1-4-16(25-19-15(21)9-14(20)11-23-19)18(24)22-10-12(3)8-13-6-7-26-17(13)5-2/h5-9,11,16H,3-4,10H2,1-2H3,(H,22,24)/b13-8-,17-5+/t16-/m1/s1. The van der Waals surface area contributed by atoms with Gasteiger partial charge in [-0.1, -0.05) is 42.8 Å². The lowest BCUT2D eigenvalue weighted by Gasteiger charge is -2.17. The predicted octanol–water partition coefficient (Wildman–Crippen LogP) is 3.56. The summed E-state index contributed by atoms with van der Waals surface area (Å²) >= 11 is 13.5.